The van der Waals surface area contributed by atoms with Crippen molar-refractivity contribution in [2.45, 2.75) is 43.8 Å². The van der Waals surface area contributed by atoms with E-state index in [1.807, 2.05) is 71.6 Å². The largest absolute Gasteiger partial charge is 0.405 e. The molecule has 4 aromatic carbocycles. The second-order valence-corrected chi connectivity index (χ2v) is 13.4. The molecule has 2 amide bonds. The Hall–Kier alpha value is -4.63. The number of alkyl halides is 3. The number of hydrogen-bond donors (Lipinski definition) is 1. The van der Waals surface area contributed by atoms with Crippen molar-refractivity contribution < 1.29 is 22.8 Å². The first-order chi connectivity index (χ1) is 23.7. The third-order valence-electron chi connectivity index (χ3n) is 10.4. The highest BCUT2D eigenvalue weighted by atomic mass is 19.4. The van der Waals surface area contributed by atoms with E-state index in [4.69, 9.17) is 0 Å². The minimum atomic E-state index is -4.49. The molecule has 1 fully saturated rings. The number of piperazine rings is 1. The number of hydrogen-bond acceptors (Lipinski definition) is 4. The van der Waals surface area contributed by atoms with Crippen LogP contribution in [0.4, 0.5) is 18.9 Å². The van der Waals surface area contributed by atoms with Crippen LogP contribution in [0.25, 0.3) is 11.1 Å². The fraction of sp³-hybridized carbons (Fsp3) is 0.350. The van der Waals surface area contributed by atoms with Crippen LogP contribution < -0.4 is 10.2 Å². The normalized spacial score (nSPS) is 17.0. The molecule has 1 aliphatic carbocycles. The van der Waals surface area contributed by atoms with Crippen LogP contribution in [0.15, 0.2) is 97.1 Å². The van der Waals surface area contributed by atoms with E-state index in [2.05, 4.69) is 45.4 Å². The van der Waals surface area contributed by atoms with E-state index in [0.29, 0.717) is 19.4 Å². The van der Waals surface area contributed by atoms with Crippen molar-refractivity contribution in [3.8, 4) is 11.1 Å². The summed E-state index contributed by atoms with van der Waals surface area (Å²) in [5.74, 6) is -0.509. The Kier molecular flexibility index (Phi) is 9.20. The van der Waals surface area contributed by atoms with Crippen molar-refractivity contribution >= 4 is 17.5 Å². The molecule has 0 saturated carbocycles. The van der Waals surface area contributed by atoms with Crippen LogP contribution in [0.5, 0.6) is 0 Å². The molecule has 0 spiro atoms. The number of benzene rings is 4. The smallest absolute Gasteiger partial charge is 0.369 e. The topological polar surface area (TPSA) is 55.9 Å². The van der Waals surface area contributed by atoms with Gasteiger partial charge < -0.3 is 15.1 Å². The number of carbonyl (C=O) groups excluding carboxylic acids is 2. The van der Waals surface area contributed by atoms with Gasteiger partial charge in [-0.3, -0.25) is 14.5 Å². The number of nitrogens with one attached hydrogen (secondary N) is 1. The summed E-state index contributed by atoms with van der Waals surface area (Å²) in [6, 6.07) is 31.6. The minimum absolute atomic E-state index is 0.0861. The van der Waals surface area contributed by atoms with Crippen molar-refractivity contribution in [3.05, 3.63) is 125 Å². The molecule has 1 saturated heterocycles. The number of nitrogens with zero attached hydrogens (tertiary/aromatic N) is 3. The average Bonchev–Trinajstić information content (AvgIpc) is 3.41. The summed E-state index contributed by atoms with van der Waals surface area (Å²) in [7, 11) is 0. The average molecular weight is 667 g/mol. The highest BCUT2D eigenvalue weighted by Gasteiger charge is 2.49. The molecule has 0 aromatic heterocycles. The van der Waals surface area contributed by atoms with Gasteiger partial charge in [-0.05, 0) is 71.3 Å². The Balaban J connectivity index is 0.972. The summed E-state index contributed by atoms with van der Waals surface area (Å²) in [5.41, 5.74) is 6.29. The quantitative estimate of drug-likeness (QED) is 0.189. The molecule has 0 bridgehead atoms. The first kappa shape index (κ1) is 32.9. The number of amides is 2. The van der Waals surface area contributed by atoms with E-state index in [-0.39, 0.29) is 5.91 Å². The maximum atomic E-state index is 13.8. The first-order valence-electron chi connectivity index (χ1n) is 17.2. The van der Waals surface area contributed by atoms with Crippen LogP contribution >= 0.6 is 0 Å². The predicted molar refractivity (Wildman–Crippen MR) is 186 cm³/mol. The van der Waals surface area contributed by atoms with Gasteiger partial charge in [0.25, 0.3) is 5.91 Å². The molecule has 9 heteroatoms. The molecule has 0 radical (unpaired) electrons. The molecule has 0 atom stereocenters. The maximum Gasteiger partial charge on any atom is 0.405 e. The van der Waals surface area contributed by atoms with E-state index < -0.39 is 24.0 Å². The molecule has 2 heterocycles. The van der Waals surface area contributed by atoms with Crippen molar-refractivity contribution in [1.29, 1.82) is 0 Å². The molecular formula is C40H41F3N4O2. The minimum Gasteiger partial charge on any atom is -0.369 e. The lowest BCUT2D eigenvalue weighted by Gasteiger charge is -2.37. The molecule has 6 nitrogen and oxygen atoms in total. The van der Waals surface area contributed by atoms with Gasteiger partial charge in [0.15, 0.2) is 0 Å². The number of halogens is 3. The van der Waals surface area contributed by atoms with Crippen molar-refractivity contribution in [2.75, 3.05) is 50.7 Å². The van der Waals surface area contributed by atoms with E-state index in [0.717, 1.165) is 96.7 Å². The number of anilines is 1. The molecular weight excluding hydrogens is 625 g/mol. The zero-order valence-electron chi connectivity index (χ0n) is 27.5. The highest BCUT2D eigenvalue weighted by molar-refractivity contribution is 6.00. The van der Waals surface area contributed by atoms with Crippen LogP contribution in [0.1, 0.15) is 51.9 Å². The summed E-state index contributed by atoms with van der Waals surface area (Å²) in [4.78, 5) is 33.9. The van der Waals surface area contributed by atoms with Crippen LogP contribution in [0, 0.1) is 0 Å². The number of fused-ring (bicyclic) bond motifs is 4. The lowest BCUT2D eigenvalue weighted by atomic mass is 9.73. The van der Waals surface area contributed by atoms with Gasteiger partial charge in [-0.2, -0.15) is 13.2 Å². The zero-order chi connectivity index (χ0) is 34.0. The standard InChI is InChI=1S/C40H41F3N4O2/c41-40(42,43)28-44-38(49)39(35-14-6-4-12-32(35)33-13-5-7-15-36(33)39)19-8-9-20-45-22-24-46(25-23-45)31-17-16-30-18-21-47(37(48)34(30)26-31)27-29-10-2-1-3-11-29/h1-7,10-17,26H,8-9,18-25,27-28H2,(H,44,49). The summed E-state index contributed by atoms with van der Waals surface area (Å²) in [6.07, 6.45) is -1.70. The van der Waals surface area contributed by atoms with Crippen LogP contribution in [-0.2, 0) is 23.2 Å². The predicted octanol–water partition coefficient (Wildman–Crippen LogP) is 6.82. The second kappa shape index (κ2) is 13.7. The Morgan fingerprint density at radius 1 is 0.755 bits per heavy atom. The number of rotatable bonds is 10. The molecule has 4 aromatic rings. The molecule has 7 rings (SSSR count). The van der Waals surface area contributed by atoms with E-state index in [1.165, 1.54) is 0 Å². The molecule has 3 aliphatic rings. The third-order valence-corrected chi connectivity index (χ3v) is 10.4. The summed E-state index contributed by atoms with van der Waals surface area (Å²) in [6.45, 7) is 4.23. The van der Waals surface area contributed by atoms with Gasteiger partial charge in [0.1, 0.15) is 12.0 Å². The lowest BCUT2D eigenvalue weighted by molar-refractivity contribution is -0.141. The van der Waals surface area contributed by atoms with Crippen LogP contribution in [-0.4, -0.2) is 73.6 Å². The summed E-state index contributed by atoms with van der Waals surface area (Å²) < 4.78 is 39.6. The molecule has 254 valence electrons. The molecule has 0 unspecified atom stereocenters. The fourth-order valence-electron chi connectivity index (χ4n) is 7.90. The lowest BCUT2D eigenvalue weighted by Crippen LogP contribution is -2.47. The highest BCUT2D eigenvalue weighted by Crippen LogP contribution is 2.51. The monoisotopic (exact) mass is 666 g/mol. The van der Waals surface area contributed by atoms with E-state index in [1.54, 1.807) is 0 Å². The third kappa shape index (κ3) is 6.69. The SMILES string of the molecule is O=C1c2cc(N3CCN(CCCCC4(C(=O)NCC(F)(F)F)c5ccccc5-c5ccccc54)CC3)ccc2CCN1Cc1ccccc1. The van der Waals surface area contributed by atoms with Gasteiger partial charge in [0.05, 0.1) is 0 Å². The van der Waals surface area contributed by atoms with E-state index in [9.17, 15) is 22.8 Å². The van der Waals surface area contributed by atoms with Gasteiger partial charge in [-0.25, -0.2) is 0 Å². The Bertz CT molecular complexity index is 1770. The molecule has 2 aliphatic heterocycles. The van der Waals surface area contributed by atoms with Crippen LogP contribution in [0.2, 0.25) is 0 Å². The molecule has 1 N–H and O–H groups in total. The van der Waals surface area contributed by atoms with Gasteiger partial charge in [0, 0.05) is 50.5 Å². The van der Waals surface area contributed by atoms with Crippen molar-refractivity contribution in [3.63, 3.8) is 0 Å². The Labute approximate surface area is 285 Å². The number of carbonyl (C=O) groups is 2. The van der Waals surface area contributed by atoms with Gasteiger partial charge in [0.2, 0.25) is 5.91 Å². The van der Waals surface area contributed by atoms with Gasteiger partial charge >= 0.3 is 6.18 Å². The molecule has 49 heavy (non-hydrogen) atoms. The van der Waals surface area contributed by atoms with E-state index >= 15 is 0 Å². The fourth-order valence-corrected chi connectivity index (χ4v) is 7.90. The summed E-state index contributed by atoms with van der Waals surface area (Å²) >= 11 is 0. The number of unbranched alkanes of at least 4 members (excludes halogenated alkanes) is 1. The summed E-state index contributed by atoms with van der Waals surface area (Å²) in [5, 5.41) is 2.23. The zero-order valence-corrected chi connectivity index (χ0v) is 27.5. The van der Waals surface area contributed by atoms with Crippen molar-refractivity contribution in [1.82, 2.24) is 15.1 Å². The Morgan fingerprint density at radius 2 is 1.41 bits per heavy atom. The van der Waals surface area contributed by atoms with Gasteiger partial charge in [-0.15, -0.1) is 0 Å². The Morgan fingerprint density at radius 3 is 2.08 bits per heavy atom. The van der Waals surface area contributed by atoms with Crippen molar-refractivity contribution in [2.24, 2.45) is 0 Å². The second-order valence-electron chi connectivity index (χ2n) is 13.4. The first-order valence-corrected chi connectivity index (χ1v) is 17.2. The maximum absolute atomic E-state index is 13.8. The van der Waals surface area contributed by atoms with Crippen LogP contribution in [0.3, 0.4) is 0 Å². The van der Waals surface area contributed by atoms with Gasteiger partial charge in [-0.1, -0.05) is 91.3 Å².